The lowest BCUT2D eigenvalue weighted by molar-refractivity contribution is 0.0871. The van der Waals surface area contributed by atoms with Crippen molar-refractivity contribution >= 4 is 23.5 Å². The lowest BCUT2D eigenvalue weighted by atomic mass is 10.4. The summed E-state index contributed by atoms with van der Waals surface area (Å²) < 4.78 is 46.8. The van der Waals surface area contributed by atoms with Gasteiger partial charge in [0, 0.05) is 0 Å². The maximum absolute atomic E-state index is 12.7. The molecule has 2 N–H and O–H groups in total. The van der Waals surface area contributed by atoms with E-state index in [1.807, 2.05) is 0 Å². The fraction of sp³-hybridized carbons (Fsp3) is 1.00. The Morgan fingerprint density at radius 2 is 1.80 bits per heavy atom. The van der Waals surface area contributed by atoms with Crippen molar-refractivity contribution in [2.24, 2.45) is 5.73 Å². The molecule has 0 fully saturated rings. The minimum atomic E-state index is -3.51. The van der Waals surface area contributed by atoms with Crippen LogP contribution in [0.25, 0.3) is 0 Å². The van der Waals surface area contributed by atoms with E-state index in [4.69, 9.17) is 14.8 Å². The van der Waals surface area contributed by atoms with E-state index in [0.717, 1.165) is 0 Å². The van der Waals surface area contributed by atoms with E-state index < -0.39 is 24.6 Å². The zero-order valence-corrected chi connectivity index (χ0v) is 11.1. The van der Waals surface area contributed by atoms with Crippen molar-refractivity contribution in [2.45, 2.75) is 24.7 Å². The van der Waals surface area contributed by atoms with Gasteiger partial charge in [-0.15, -0.1) is 0 Å². The molecule has 15 heavy (non-hydrogen) atoms. The summed E-state index contributed by atoms with van der Waals surface area (Å²) in [7, 11) is -3.51. The molecule has 0 saturated heterocycles. The molecule has 4 nitrogen and oxygen atoms in total. The van der Waals surface area contributed by atoms with Crippen LogP contribution in [0.4, 0.5) is 8.78 Å². The second kappa shape index (κ2) is 6.25. The van der Waals surface area contributed by atoms with Crippen molar-refractivity contribution in [3.8, 4) is 0 Å². The molecular formula is C7H15BrF2NO3P. The van der Waals surface area contributed by atoms with Crippen LogP contribution in [0.15, 0.2) is 0 Å². The molecule has 0 bridgehead atoms. The van der Waals surface area contributed by atoms with Crippen LogP contribution in [0, 0.1) is 0 Å². The molecule has 0 aromatic heterocycles. The summed E-state index contributed by atoms with van der Waals surface area (Å²) >= 11 is 2.11. The molecule has 0 heterocycles. The van der Waals surface area contributed by atoms with Crippen LogP contribution in [0.3, 0.4) is 0 Å². The van der Waals surface area contributed by atoms with Gasteiger partial charge in [-0.1, -0.05) is 0 Å². The van der Waals surface area contributed by atoms with Crippen LogP contribution >= 0.6 is 23.5 Å². The van der Waals surface area contributed by atoms with Crippen molar-refractivity contribution in [2.75, 3.05) is 19.4 Å². The molecule has 1 atom stereocenters. The minimum absolute atomic E-state index is 0.123. The summed E-state index contributed by atoms with van der Waals surface area (Å²) in [6.45, 7) is 3.45. The third-order valence-corrected chi connectivity index (χ3v) is 4.22. The molecule has 0 aliphatic carbocycles. The molecule has 0 saturated carbocycles. The fourth-order valence-electron chi connectivity index (χ4n) is 0.880. The summed E-state index contributed by atoms with van der Waals surface area (Å²) in [5.41, 5.74) is 5.17. The molecule has 0 aromatic carbocycles. The standard InChI is InChI=1S/C7H15BrF2NO3P/c1-3-13-15(12,14-4-2)5-6(11)7(8,9)10/h6H,3-5,11H2,1-2H3. The highest BCUT2D eigenvalue weighted by molar-refractivity contribution is 9.10. The Labute approximate surface area is 96.2 Å². The van der Waals surface area contributed by atoms with Crippen LogP contribution in [0.2, 0.25) is 0 Å². The van der Waals surface area contributed by atoms with Gasteiger partial charge in [-0.25, -0.2) is 0 Å². The first-order valence-corrected chi connectivity index (χ1v) is 6.97. The Bertz CT molecular complexity index is 227. The van der Waals surface area contributed by atoms with E-state index in [-0.39, 0.29) is 13.2 Å². The zero-order chi connectivity index (χ0) is 12.1. The maximum atomic E-state index is 12.7. The van der Waals surface area contributed by atoms with E-state index in [2.05, 4.69) is 15.9 Å². The van der Waals surface area contributed by atoms with Crippen molar-refractivity contribution in [1.82, 2.24) is 0 Å². The average molecular weight is 310 g/mol. The molecule has 0 aliphatic heterocycles. The number of halogens is 3. The van der Waals surface area contributed by atoms with Gasteiger partial charge in [0.2, 0.25) is 0 Å². The Morgan fingerprint density at radius 1 is 1.40 bits per heavy atom. The Morgan fingerprint density at radius 3 is 2.07 bits per heavy atom. The molecule has 0 aliphatic rings. The topological polar surface area (TPSA) is 61.5 Å². The predicted molar refractivity (Wildman–Crippen MR) is 57.6 cm³/mol. The molecule has 0 amide bonds. The monoisotopic (exact) mass is 309 g/mol. The normalized spacial score (nSPS) is 15.3. The van der Waals surface area contributed by atoms with E-state index in [1.54, 1.807) is 13.8 Å². The summed E-state index contributed by atoms with van der Waals surface area (Å²) in [5.74, 6) is 0. The first kappa shape index (κ1) is 15.4. The van der Waals surface area contributed by atoms with Gasteiger partial charge in [-0.2, -0.15) is 8.78 Å². The Hall–Kier alpha value is 0.450. The first-order chi connectivity index (χ1) is 6.75. The van der Waals surface area contributed by atoms with Crippen molar-refractivity contribution in [1.29, 1.82) is 0 Å². The van der Waals surface area contributed by atoms with Crippen molar-refractivity contribution < 1.29 is 22.4 Å². The van der Waals surface area contributed by atoms with Crippen molar-refractivity contribution in [3.63, 3.8) is 0 Å². The van der Waals surface area contributed by atoms with Crippen LogP contribution in [0.5, 0.6) is 0 Å². The highest BCUT2D eigenvalue weighted by Crippen LogP contribution is 2.50. The zero-order valence-electron chi connectivity index (χ0n) is 8.58. The largest absolute Gasteiger partial charge is 0.332 e. The van der Waals surface area contributed by atoms with Gasteiger partial charge >= 0.3 is 12.4 Å². The molecular weight excluding hydrogens is 295 g/mol. The smallest absolute Gasteiger partial charge is 0.321 e. The Kier molecular flexibility index (Phi) is 6.44. The van der Waals surface area contributed by atoms with Crippen LogP contribution in [0.1, 0.15) is 13.8 Å². The van der Waals surface area contributed by atoms with Crippen LogP contribution < -0.4 is 5.73 Å². The maximum Gasteiger partial charge on any atom is 0.332 e. The molecule has 0 rings (SSSR count). The first-order valence-electron chi connectivity index (χ1n) is 4.45. The van der Waals surface area contributed by atoms with Crippen LogP contribution in [-0.2, 0) is 13.6 Å². The molecule has 1 unspecified atom stereocenters. The lowest BCUT2D eigenvalue weighted by Gasteiger charge is -2.23. The summed E-state index contributed by atoms with van der Waals surface area (Å²) in [6, 6.07) is -1.61. The number of alkyl halides is 3. The molecule has 92 valence electrons. The minimum Gasteiger partial charge on any atom is -0.321 e. The van der Waals surface area contributed by atoms with Gasteiger partial charge in [0.25, 0.3) is 0 Å². The highest BCUT2D eigenvalue weighted by Gasteiger charge is 2.40. The van der Waals surface area contributed by atoms with Gasteiger partial charge in [-0.05, 0) is 29.8 Å². The van der Waals surface area contributed by atoms with E-state index >= 15 is 0 Å². The van der Waals surface area contributed by atoms with Gasteiger partial charge in [0.15, 0.2) is 0 Å². The molecule has 0 radical (unpaired) electrons. The van der Waals surface area contributed by atoms with Gasteiger partial charge in [0.1, 0.15) is 0 Å². The highest BCUT2D eigenvalue weighted by atomic mass is 79.9. The fourth-order valence-corrected chi connectivity index (χ4v) is 3.08. The number of hydrogen-bond acceptors (Lipinski definition) is 4. The summed E-state index contributed by atoms with van der Waals surface area (Å²) in [4.78, 5) is -3.28. The van der Waals surface area contributed by atoms with Gasteiger partial charge < -0.3 is 14.8 Å². The summed E-state index contributed by atoms with van der Waals surface area (Å²) in [6.07, 6.45) is -0.521. The average Bonchev–Trinajstić information content (AvgIpc) is 2.02. The number of hydrogen-bond donors (Lipinski definition) is 1. The molecule has 8 heteroatoms. The van der Waals surface area contributed by atoms with Gasteiger partial charge in [-0.3, -0.25) is 4.57 Å². The van der Waals surface area contributed by atoms with Gasteiger partial charge in [0.05, 0.1) is 25.4 Å². The lowest BCUT2D eigenvalue weighted by Crippen LogP contribution is -2.39. The second-order valence-electron chi connectivity index (χ2n) is 2.78. The van der Waals surface area contributed by atoms with Crippen molar-refractivity contribution in [3.05, 3.63) is 0 Å². The number of nitrogens with two attached hydrogens (primary N) is 1. The van der Waals surface area contributed by atoms with E-state index in [0.29, 0.717) is 0 Å². The SMILES string of the molecule is CCOP(=O)(CC(N)C(F)(F)Br)OCC. The molecule has 0 aromatic rings. The number of rotatable bonds is 7. The third-order valence-electron chi connectivity index (χ3n) is 1.49. The van der Waals surface area contributed by atoms with Crippen LogP contribution in [-0.4, -0.2) is 30.2 Å². The molecule has 0 spiro atoms. The van der Waals surface area contributed by atoms with E-state index in [9.17, 15) is 13.3 Å². The quantitative estimate of drug-likeness (QED) is 0.580. The third kappa shape index (κ3) is 5.92. The summed E-state index contributed by atoms with van der Waals surface area (Å²) in [5, 5.41) is 0. The Balaban J connectivity index is 4.48. The predicted octanol–water partition coefficient (Wildman–Crippen LogP) is 2.57. The second-order valence-corrected chi connectivity index (χ2v) is 5.94. The van der Waals surface area contributed by atoms with E-state index in [1.165, 1.54) is 0 Å².